The largest absolute Gasteiger partial charge is 0.323 e. The van der Waals surface area contributed by atoms with Gasteiger partial charge in [0.1, 0.15) is 17.2 Å². The summed E-state index contributed by atoms with van der Waals surface area (Å²) in [4.78, 5) is 31.3. The fourth-order valence-electron chi connectivity index (χ4n) is 2.51. The maximum absolute atomic E-state index is 12.8. The van der Waals surface area contributed by atoms with Gasteiger partial charge in [0.15, 0.2) is 0 Å². The van der Waals surface area contributed by atoms with Gasteiger partial charge in [0.2, 0.25) is 5.91 Å². The molecule has 0 spiro atoms. The number of carbonyl (C=O) groups is 1. The number of nitrogens with zero attached hydrogens (tertiary/aromatic N) is 2. The van der Waals surface area contributed by atoms with E-state index in [4.69, 9.17) is 11.6 Å². The van der Waals surface area contributed by atoms with Gasteiger partial charge in [-0.15, -0.1) is 11.3 Å². The van der Waals surface area contributed by atoms with E-state index >= 15 is 0 Å². The molecule has 1 aromatic carbocycles. The SMILES string of the molecule is Cc1sc2nc(C)n(CC(=O)Nc3ccccc3Cl)c(=O)c2c1C. The Morgan fingerprint density at radius 1 is 1.29 bits per heavy atom. The number of thiophene rings is 1. The predicted octanol–water partition coefficient (Wildman–Crippen LogP) is 3.68. The van der Waals surface area contributed by atoms with Gasteiger partial charge in [0.05, 0.1) is 16.1 Å². The average molecular weight is 362 g/mol. The molecule has 0 radical (unpaired) electrons. The normalized spacial score (nSPS) is 11.0. The Hall–Kier alpha value is -2.18. The van der Waals surface area contributed by atoms with E-state index in [1.165, 1.54) is 15.9 Å². The van der Waals surface area contributed by atoms with Crippen molar-refractivity contribution in [3.8, 4) is 0 Å². The number of hydrogen-bond donors (Lipinski definition) is 1. The fourth-order valence-corrected chi connectivity index (χ4v) is 3.76. The maximum Gasteiger partial charge on any atom is 0.263 e. The van der Waals surface area contributed by atoms with Gasteiger partial charge in [-0.25, -0.2) is 4.98 Å². The molecule has 2 aromatic heterocycles. The van der Waals surface area contributed by atoms with E-state index in [1.54, 1.807) is 31.2 Å². The molecule has 1 N–H and O–H groups in total. The Kier molecular flexibility index (Phi) is 4.43. The molecule has 0 aliphatic rings. The molecule has 24 heavy (non-hydrogen) atoms. The second-order valence-electron chi connectivity index (χ2n) is 5.54. The zero-order valence-corrected chi connectivity index (χ0v) is 15.1. The van der Waals surface area contributed by atoms with Crippen LogP contribution in [-0.4, -0.2) is 15.5 Å². The van der Waals surface area contributed by atoms with Crippen LogP contribution in [0.4, 0.5) is 5.69 Å². The van der Waals surface area contributed by atoms with E-state index in [-0.39, 0.29) is 18.0 Å². The Morgan fingerprint density at radius 3 is 2.71 bits per heavy atom. The first-order valence-electron chi connectivity index (χ1n) is 7.40. The van der Waals surface area contributed by atoms with Crippen LogP contribution in [0.25, 0.3) is 10.2 Å². The predicted molar refractivity (Wildman–Crippen MR) is 98.2 cm³/mol. The third-order valence-corrected chi connectivity index (χ3v) is 5.36. The molecule has 0 unspecified atom stereocenters. The molecule has 124 valence electrons. The number of amides is 1. The van der Waals surface area contributed by atoms with Gasteiger partial charge in [0, 0.05) is 4.88 Å². The standard InChI is InChI=1S/C17H16ClN3O2S/c1-9-10(2)24-16-15(9)17(23)21(11(3)19-16)8-14(22)20-13-7-5-4-6-12(13)18/h4-7H,8H2,1-3H3,(H,20,22). The first kappa shape index (κ1) is 16.7. The van der Waals surface area contributed by atoms with E-state index in [0.717, 1.165) is 15.3 Å². The van der Waals surface area contributed by atoms with Crippen LogP contribution in [0.2, 0.25) is 5.02 Å². The molecule has 2 heterocycles. The number of anilines is 1. The van der Waals surface area contributed by atoms with E-state index in [2.05, 4.69) is 10.3 Å². The van der Waals surface area contributed by atoms with E-state index in [0.29, 0.717) is 21.9 Å². The number of carbonyl (C=O) groups excluding carboxylic acids is 1. The molecule has 0 aliphatic carbocycles. The van der Waals surface area contributed by atoms with Crippen molar-refractivity contribution in [2.75, 3.05) is 5.32 Å². The third kappa shape index (κ3) is 2.95. The summed E-state index contributed by atoms with van der Waals surface area (Å²) < 4.78 is 1.40. The molecule has 0 fully saturated rings. The van der Waals surface area contributed by atoms with Crippen molar-refractivity contribution in [1.82, 2.24) is 9.55 Å². The lowest BCUT2D eigenvalue weighted by Crippen LogP contribution is -2.30. The van der Waals surface area contributed by atoms with Crippen molar-refractivity contribution in [3.05, 3.63) is 55.9 Å². The monoisotopic (exact) mass is 361 g/mol. The van der Waals surface area contributed by atoms with Gasteiger partial charge >= 0.3 is 0 Å². The van der Waals surface area contributed by atoms with Gasteiger partial charge in [-0.2, -0.15) is 0 Å². The lowest BCUT2D eigenvalue weighted by molar-refractivity contribution is -0.116. The number of hydrogen-bond acceptors (Lipinski definition) is 4. The molecule has 1 amide bonds. The second kappa shape index (κ2) is 6.37. The molecule has 0 bridgehead atoms. The molecule has 0 atom stereocenters. The zero-order chi connectivity index (χ0) is 17.4. The summed E-state index contributed by atoms with van der Waals surface area (Å²) in [6, 6.07) is 6.97. The molecular weight excluding hydrogens is 346 g/mol. The number of para-hydroxylation sites is 1. The van der Waals surface area contributed by atoms with Crippen LogP contribution < -0.4 is 10.9 Å². The highest BCUT2D eigenvalue weighted by atomic mass is 35.5. The Bertz CT molecular complexity index is 1010. The highest BCUT2D eigenvalue weighted by Crippen LogP contribution is 2.26. The van der Waals surface area contributed by atoms with Crippen LogP contribution in [0, 0.1) is 20.8 Å². The van der Waals surface area contributed by atoms with Crippen LogP contribution in [0.1, 0.15) is 16.3 Å². The van der Waals surface area contributed by atoms with Gasteiger partial charge in [-0.1, -0.05) is 23.7 Å². The summed E-state index contributed by atoms with van der Waals surface area (Å²) in [5, 5.41) is 3.77. The van der Waals surface area contributed by atoms with Crippen LogP contribution in [0.5, 0.6) is 0 Å². The molecule has 7 heteroatoms. The zero-order valence-electron chi connectivity index (χ0n) is 13.5. The third-order valence-electron chi connectivity index (χ3n) is 3.93. The van der Waals surface area contributed by atoms with Crippen LogP contribution in [0.15, 0.2) is 29.1 Å². The minimum absolute atomic E-state index is 0.104. The molecular formula is C17H16ClN3O2S. The summed E-state index contributed by atoms with van der Waals surface area (Å²) in [7, 11) is 0. The summed E-state index contributed by atoms with van der Waals surface area (Å²) in [6.07, 6.45) is 0. The number of benzene rings is 1. The molecule has 3 aromatic rings. The second-order valence-corrected chi connectivity index (χ2v) is 7.15. The number of nitrogens with one attached hydrogen (secondary N) is 1. The van der Waals surface area contributed by atoms with Gasteiger partial charge < -0.3 is 5.32 Å². The number of aryl methyl sites for hydroxylation is 3. The molecule has 0 aliphatic heterocycles. The van der Waals surface area contributed by atoms with Gasteiger partial charge in [0.25, 0.3) is 5.56 Å². The summed E-state index contributed by atoms with van der Waals surface area (Å²) in [6.45, 7) is 5.49. The highest BCUT2D eigenvalue weighted by Gasteiger charge is 2.16. The maximum atomic E-state index is 12.8. The summed E-state index contributed by atoms with van der Waals surface area (Å²) in [5.74, 6) is 0.196. The number of rotatable bonds is 3. The smallest absolute Gasteiger partial charge is 0.263 e. The number of halogens is 1. The number of aromatic nitrogens is 2. The van der Waals surface area contributed by atoms with Crippen molar-refractivity contribution >= 4 is 44.7 Å². The summed E-state index contributed by atoms with van der Waals surface area (Å²) in [5.41, 5.74) is 1.26. The quantitative estimate of drug-likeness (QED) is 0.774. The van der Waals surface area contributed by atoms with Gasteiger partial charge in [-0.05, 0) is 38.5 Å². The molecule has 5 nitrogen and oxygen atoms in total. The van der Waals surface area contributed by atoms with Crippen LogP contribution in [-0.2, 0) is 11.3 Å². The minimum Gasteiger partial charge on any atom is -0.323 e. The lowest BCUT2D eigenvalue weighted by Gasteiger charge is -2.11. The molecule has 0 saturated carbocycles. The van der Waals surface area contributed by atoms with E-state index in [1.807, 2.05) is 13.8 Å². The molecule has 0 saturated heterocycles. The highest BCUT2D eigenvalue weighted by molar-refractivity contribution is 7.18. The number of fused-ring (bicyclic) bond motifs is 1. The van der Waals surface area contributed by atoms with Crippen molar-refractivity contribution < 1.29 is 4.79 Å². The van der Waals surface area contributed by atoms with E-state index < -0.39 is 0 Å². The van der Waals surface area contributed by atoms with Crippen molar-refractivity contribution in [1.29, 1.82) is 0 Å². The van der Waals surface area contributed by atoms with E-state index in [9.17, 15) is 9.59 Å². The van der Waals surface area contributed by atoms with Crippen LogP contribution in [0.3, 0.4) is 0 Å². The average Bonchev–Trinajstić information content (AvgIpc) is 2.80. The first-order chi connectivity index (χ1) is 11.4. The van der Waals surface area contributed by atoms with Crippen molar-refractivity contribution in [3.63, 3.8) is 0 Å². The van der Waals surface area contributed by atoms with Crippen molar-refractivity contribution in [2.24, 2.45) is 0 Å². The fraction of sp³-hybridized carbons (Fsp3) is 0.235. The topological polar surface area (TPSA) is 64.0 Å². The van der Waals surface area contributed by atoms with Crippen molar-refractivity contribution in [2.45, 2.75) is 27.3 Å². The Balaban J connectivity index is 1.95. The van der Waals surface area contributed by atoms with Crippen LogP contribution >= 0.6 is 22.9 Å². The Labute approximate surface area is 147 Å². The summed E-state index contributed by atoms with van der Waals surface area (Å²) >= 11 is 7.54. The molecule has 3 rings (SSSR count). The Morgan fingerprint density at radius 2 is 2.00 bits per heavy atom. The van der Waals surface area contributed by atoms with Gasteiger partial charge in [-0.3, -0.25) is 14.2 Å². The minimum atomic E-state index is -0.320. The first-order valence-corrected chi connectivity index (χ1v) is 8.59. The lowest BCUT2D eigenvalue weighted by atomic mass is 10.2.